The molecule has 0 amide bonds. The van der Waals surface area contributed by atoms with Gasteiger partial charge in [-0.3, -0.25) is 0 Å². The molecule has 1 saturated heterocycles. The summed E-state index contributed by atoms with van der Waals surface area (Å²) in [6.07, 6.45) is -0.0100. The Hall–Kier alpha value is -1.55. The minimum Gasteiger partial charge on any atom is -0.484 e. The van der Waals surface area contributed by atoms with Crippen LogP contribution in [0.1, 0.15) is 15.9 Å². The van der Waals surface area contributed by atoms with Gasteiger partial charge < -0.3 is 14.6 Å². The predicted molar refractivity (Wildman–Crippen MR) is 53.4 cm³/mol. The highest BCUT2D eigenvalue weighted by atomic mass is 16.6. The monoisotopic (exact) mass is 208 g/mol. The van der Waals surface area contributed by atoms with Crippen LogP contribution in [-0.4, -0.2) is 30.4 Å². The Morgan fingerprint density at radius 2 is 2.27 bits per heavy atom. The lowest BCUT2D eigenvalue weighted by molar-refractivity contribution is -0.0801. The molecule has 0 atom stereocenters. The van der Waals surface area contributed by atoms with Gasteiger partial charge in [0.15, 0.2) is 0 Å². The number of rotatable bonds is 3. The highest BCUT2D eigenvalue weighted by Crippen LogP contribution is 2.25. The number of aryl methyl sites for hydroxylation is 1. The Balaban J connectivity index is 2.29. The highest BCUT2D eigenvalue weighted by Gasteiger charge is 2.23. The molecule has 4 nitrogen and oxygen atoms in total. The Labute approximate surface area is 87.4 Å². The molecule has 15 heavy (non-hydrogen) atoms. The van der Waals surface area contributed by atoms with Gasteiger partial charge in [0, 0.05) is 0 Å². The maximum Gasteiger partial charge on any atom is 0.339 e. The van der Waals surface area contributed by atoms with Crippen LogP contribution >= 0.6 is 0 Å². The number of para-hydroxylation sites is 1. The van der Waals surface area contributed by atoms with Crippen LogP contribution in [0.4, 0.5) is 0 Å². The van der Waals surface area contributed by atoms with Crippen LogP contribution in [0, 0.1) is 6.92 Å². The third-order valence-electron chi connectivity index (χ3n) is 2.33. The first-order valence-corrected chi connectivity index (χ1v) is 4.76. The quantitative estimate of drug-likeness (QED) is 0.817. The third kappa shape index (κ3) is 1.94. The lowest BCUT2D eigenvalue weighted by Crippen LogP contribution is -2.39. The Kier molecular flexibility index (Phi) is 2.60. The first-order valence-electron chi connectivity index (χ1n) is 4.76. The van der Waals surface area contributed by atoms with Crippen molar-refractivity contribution < 1.29 is 19.4 Å². The second kappa shape index (κ2) is 3.90. The van der Waals surface area contributed by atoms with Gasteiger partial charge in [0.2, 0.25) is 0 Å². The van der Waals surface area contributed by atoms with E-state index in [4.69, 9.17) is 14.6 Å². The molecule has 1 aliphatic heterocycles. The van der Waals surface area contributed by atoms with Gasteiger partial charge in [-0.05, 0) is 18.6 Å². The van der Waals surface area contributed by atoms with Gasteiger partial charge in [-0.15, -0.1) is 0 Å². The van der Waals surface area contributed by atoms with Crippen LogP contribution in [-0.2, 0) is 4.74 Å². The fourth-order valence-corrected chi connectivity index (χ4v) is 1.43. The van der Waals surface area contributed by atoms with E-state index in [-0.39, 0.29) is 11.7 Å². The normalized spacial score (nSPS) is 15.8. The van der Waals surface area contributed by atoms with Crippen molar-refractivity contribution >= 4 is 5.97 Å². The maximum atomic E-state index is 11.0. The first-order chi connectivity index (χ1) is 7.18. The van der Waals surface area contributed by atoms with Crippen molar-refractivity contribution in [3.8, 4) is 5.75 Å². The number of benzene rings is 1. The van der Waals surface area contributed by atoms with Gasteiger partial charge in [-0.2, -0.15) is 0 Å². The van der Waals surface area contributed by atoms with Crippen LogP contribution in [0.2, 0.25) is 0 Å². The molecule has 1 aromatic carbocycles. The first kappa shape index (κ1) is 9.98. The van der Waals surface area contributed by atoms with Crippen LogP contribution < -0.4 is 4.74 Å². The molecule has 1 heterocycles. The summed E-state index contributed by atoms with van der Waals surface area (Å²) in [5.74, 6) is -0.507. The summed E-state index contributed by atoms with van der Waals surface area (Å²) < 4.78 is 10.5. The van der Waals surface area contributed by atoms with Crippen molar-refractivity contribution in [3.05, 3.63) is 29.3 Å². The lowest BCUT2D eigenvalue weighted by Gasteiger charge is -2.28. The highest BCUT2D eigenvalue weighted by molar-refractivity contribution is 5.91. The lowest BCUT2D eigenvalue weighted by atomic mass is 10.1. The van der Waals surface area contributed by atoms with Gasteiger partial charge in [-0.1, -0.05) is 12.1 Å². The number of hydrogen-bond donors (Lipinski definition) is 1. The standard InChI is InChI=1S/C11H12O4/c1-7-3-2-4-9(11(12)13)10(7)15-8-5-14-6-8/h2-4,8H,5-6H2,1H3,(H,12,13). The van der Waals surface area contributed by atoms with E-state index in [1.54, 1.807) is 12.1 Å². The summed E-state index contributed by atoms with van der Waals surface area (Å²) >= 11 is 0. The molecule has 80 valence electrons. The van der Waals surface area contributed by atoms with Crippen LogP contribution in [0.5, 0.6) is 5.75 Å². The molecule has 1 fully saturated rings. The zero-order valence-corrected chi connectivity index (χ0v) is 8.40. The van der Waals surface area contributed by atoms with E-state index in [9.17, 15) is 4.79 Å². The SMILES string of the molecule is Cc1cccc(C(=O)O)c1OC1COC1. The van der Waals surface area contributed by atoms with E-state index in [0.717, 1.165) is 5.56 Å². The molecule has 0 spiro atoms. The van der Waals surface area contributed by atoms with Crippen LogP contribution in [0.25, 0.3) is 0 Å². The summed E-state index contributed by atoms with van der Waals surface area (Å²) in [6.45, 7) is 2.90. The minimum atomic E-state index is -0.964. The van der Waals surface area contributed by atoms with Gasteiger partial charge in [-0.25, -0.2) is 4.79 Å². The molecule has 1 N–H and O–H groups in total. The molecule has 1 aromatic rings. The molecule has 0 unspecified atom stereocenters. The molecule has 2 rings (SSSR count). The summed E-state index contributed by atoms with van der Waals surface area (Å²) in [5, 5.41) is 8.98. The van der Waals surface area contributed by atoms with E-state index >= 15 is 0 Å². The van der Waals surface area contributed by atoms with E-state index in [1.165, 1.54) is 0 Å². The smallest absolute Gasteiger partial charge is 0.339 e. The molecule has 0 bridgehead atoms. The molecular formula is C11H12O4. The number of carboxylic acids is 1. The molecule has 0 aromatic heterocycles. The number of ether oxygens (including phenoxy) is 2. The fourth-order valence-electron chi connectivity index (χ4n) is 1.43. The number of hydrogen-bond acceptors (Lipinski definition) is 3. The molecule has 4 heteroatoms. The van der Waals surface area contributed by atoms with Crippen molar-refractivity contribution in [2.45, 2.75) is 13.0 Å². The summed E-state index contributed by atoms with van der Waals surface area (Å²) in [6, 6.07) is 5.09. The van der Waals surface area contributed by atoms with E-state index < -0.39 is 5.97 Å². The molecule has 1 aliphatic rings. The molecule has 0 aliphatic carbocycles. The minimum absolute atomic E-state index is 0.0100. The predicted octanol–water partition coefficient (Wildman–Crippen LogP) is 1.47. The maximum absolute atomic E-state index is 11.0. The van der Waals surface area contributed by atoms with E-state index in [2.05, 4.69) is 0 Å². The van der Waals surface area contributed by atoms with Gasteiger partial charge in [0.1, 0.15) is 17.4 Å². The van der Waals surface area contributed by atoms with Gasteiger partial charge in [0.25, 0.3) is 0 Å². The second-order valence-electron chi connectivity index (χ2n) is 3.53. The van der Waals surface area contributed by atoms with Crippen LogP contribution in [0.15, 0.2) is 18.2 Å². The summed E-state index contributed by atoms with van der Waals surface area (Å²) in [7, 11) is 0. The third-order valence-corrected chi connectivity index (χ3v) is 2.33. The Morgan fingerprint density at radius 3 is 2.80 bits per heavy atom. The van der Waals surface area contributed by atoms with E-state index in [1.807, 2.05) is 13.0 Å². The molecular weight excluding hydrogens is 196 g/mol. The van der Waals surface area contributed by atoms with Crippen molar-refractivity contribution in [2.75, 3.05) is 13.2 Å². The van der Waals surface area contributed by atoms with Crippen molar-refractivity contribution in [3.63, 3.8) is 0 Å². The van der Waals surface area contributed by atoms with Gasteiger partial charge in [0.05, 0.1) is 13.2 Å². The number of aromatic carboxylic acids is 1. The van der Waals surface area contributed by atoms with Crippen LogP contribution in [0.3, 0.4) is 0 Å². The number of carboxylic acid groups (broad SMARTS) is 1. The second-order valence-corrected chi connectivity index (χ2v) is 3.53. The molecule has 0 saturated carbocycles. The zero-order chi connectivity index (χ0) is 10.8. The van der Waals surface area contributed by atoms with Crippen molar-refractivity contribution in [1.29, 1.82) is 0 Å². The molecule has 0 radical (unpaired) electrons. The Morgan fingerprint density at radius 1 is 1.53 bits per heavy atom. The summed E-state index contributed by atoms with van der Waals surface area (Å²) in [5.41, 5.74) is 1.05. The fraction of sp³-hybridized carbons (Fsp3) is 0.364. The largest absolute Gasteiger partial charge is 0.484 e. The van der Waals surface area contributed by atoms with E-state index in [0.29, 0.717) is 19.0 Å². The zero-order valence-electron chi connectivity index (χ0n) is 8.40. The topological polar surface area (TPSA) is 55.8 Å². The van der Waals surface area contributed by atoms with Crippen molar-refractivity contribution in [1.82, 2.24) is 0 Å². The number of carbonyl (C=O) groups is 1. The van der Waals surface area contributed by atoms with Crippen molar-refractivity contribution in [2.24, 2.45) is 0 Å². The Bertz CT molecular complexity index is 382. The van der Waals surface area contributed by atoms with Gasteiger partial charge >= 0.3 is 5.97 Å². The summed E-state index contributed by atoms with van der Waals surface area (Å²) in [4.78, 5) is 11.0. The average molecular weight is 208 g/mol. The average Bonchev–Trinajstić information content (AvgIpc) is 2.12.